The van der Waals surface area contributed by atoms with Crippen molar-refractivity contribution in [3.8, 4) is 0 Å². The van der Waals surface area contributed by atoms with Gasteiger partial charge in [0.05, 0.1) is 31.1 Å². The maximum Gasteiger partial charge on any atom is 0.274 e. The van der Waals surface area contributed by atoms with Crippen LogP contribution < -0.4 is 0 Å². The largest absolute Gasteiger partial charge is 0.383 e. The molecule has 1 amide bonds. The second kappa shape index (κ2) is 8.41. The number of hydrogen-bond acceptors (Lipinski definition) is 4. The molecule has 1 aromatic heterocycles. The highest BCUT2D eigenvalue weighted by atomic mass is 19.1. The molecule has 0 spiro atoms. The first-order chi connectivity index (χ1) is 13.3. The van der Waals surface area contributed by atoms with Gasteiger partial charge in [0.15, 0.2) is 5.69 Å². The summed E-state index contributed by atoms with van der Waals surface area (Å²) in [5.74, 6) is -0.387. The van der Waals surface area contributed by atoms with E-state index < -0.39 is 0 Å². The number of aromatic nitrogens is 2. The predicted molar refractivity (Wildman–Crippen MR) is 104 cm³/mol. The SMILES string of the molecule is COCCn1nc(C(=O)N(C)Cc2ccc(F)c(C)c2)c2c1[C@H](C)O[C@H](C)C2. The lowest BCUT2D eigenvalue weighted by atomic mass is 9.99. The second-order valence-electron chi connectivity index (χ2n) is 7.47. The van der Waals surface area contributed by atoms with E-state index in [1.54, 1.807) is 38.1 Å². The van der Waals surface area contributed by atoms with Crippen LogP contribution in [0.3, 0.4) is 0 Å². The highest BCUT2D eigenvalue weighted by Gasteiger charge is 2.33. The molecule has 1 aliphatic rings. The van der Waals surface area contributed by atoms with Gasteiger partial charge in [-0.1, -0.05) is 12.1 Å². The maximum atomic E-state index is 13.5. The van der Waals surface area contributed by atoms with Crippen LogP contribution in [0.15, 0.2) is 18.2 Å². The Hall–Kier alpha value is -2.25. The number of fused-ring (bicyclic) bond motifs is 1. The number of aryl methyl sites for hydroxylation is 1. The van der Waals surface area contributed by atoms with E-state index >= 15 is 0 Å². The average molecular weight is 389 g/mol. The lowest BCUT2D eigenvalue weighted by Crippen LogP contribution is -2.29. The van der Waals surface area contributed by atoms with Gasteiger partial charge in [-0.15, -0.1) is 0 Å². The summed E-state index contributed by atoms with van der Waals surface area (Å²) < 4.78 is 26.5. The number of carbonyl (C=O) groups excluding carboxylic acids is 1. The van der Waals surface area contributed by atoms with Gasteiger partial charge in [-0.3, -0.25) is 9.48 Å². The molecule has 6 nitrogen and oxygen atoms in total. The first-order valence-corrected chi connectivity index (χ1v) is 9.56. The highest BCUT2D eigenvalue weighted by Crippen LogP contribution is 2.32. The Morgan fingerprint density at radius 2 is 2.18 bits per heavy atom. The van der Waals surface area contributed by atoms with Crippen LogP contribution in [0, 0.1) is 12.7 Å². The number of nitrogens with zero attached hydrogens (tertiary/aromatic N) is 3. The lowest BCUT2D eigenvalue weighted by Gasteiger charge is -2.27. The van der Waals surface area contributed by atoms with Gasteiger partial charge < -0.3 is 14.4 Å². The lowest BCUT2D eigenvalue weighted by molar-refractivity contribution is -0.0102. The number of methoxy groups -OCH3 is 1. The van der Waals surface area contributed by atoms with E-state index in [0.29, 0.717) is 37.4 Å². The molecule has 1 aliphatic heterocycles. The molecule has 0 fully saturated rings. The Morgan fingerprint density at radius 1 is 1.43 bits per heavy atom. The molecule has 2 heterocycles. The molecule has 152 valence electrons. The minimum absolute atomic E-state index is 0.0270. The molecule has 7 heteroatoms. The van der Waals surface area contributed by atoms with Crippen molar-refractivity contribution >= 4 is 5.91 Å². The first kappa shape index (κ1) is 20.5. The number of ether oxygens (including phenoxy) is 2. The number of amides is 1. The molecular formula is C21H28FN3O3. The van der Waals surface area contributed by atoms with Crippen LogP contribution in [0.1, 0.15) is 52.8 Å². The van der Waals surface area contributed by atoms with Gasteiger partial charge in [-0.05, 0) is 38.0 Å². The fraction of sp³-hybridized carbons (Fsp3) is 0.524. The number of benzene rings is 1. The van der Waals surface area contributed by atoms with Crippen LogP contribution in [0.2, 0.25) is 0 Å². The molecular weight excluding hydrogens is 361 g/mol. The van der Waals surface area contributed by atoms with E-state index in [1.165, 1.54) is 6.07 Å². The quantitative estimate of drug-likeness (QED) is 0.761. The van der Waals surface area contributed by atoms with E-state index in [1.807, 2.05) is 18.5 Å². The number of halogens is 1. The fourth-order valence-corrected chi connectivity index (χ4v) is 3.77. The van der Waals surface area contributed by atoms with Gasteiger partial charge in [0.25, 0.3) is 5.91 Å². The number of hydrogen-bond donors (Lipinski definition) is 0. The molecule has 0 radical (unpaired) electrons. The average Bonchev–Trinajstić information content (AvgIpc) is 3.01. The van der Waals surface area contributed by atoms with E-state index in [2.05, 4.69) is 5.10 Å². The van der Waals surface area contributed by atoms with E-state index in [0.717, 1.165) is 16.8 Å². The van der Waals surface area contributed by atoms with Crippen molar-refractivity contribution in [2.24, 2.45) is 0 Å². The summed E-state index contributed by atoms with van der Waals surface area (Å²) in [7, 11) is 3.39. The van der Waals surface area contributed by atoms with Gasteiger partial charge in [0, 0.05) is 32.7 Å². The van der Waals surface area contributed by atoms with Gasteiger partial charge in [-0.2, -0.15) is 5.10 Å². The highest BCUT2D eigenvalue weighted by molar-refractivity contribution is 5.94. The van der Waals surface area contributed by atoms with Crippen molar-refractivity contribution < 1.29 is 18.7 Å². The van der Waals surface area contributed by atoms with Crippen molar-refractivity contribution in [1.29, 1.82) is 0 Å². The van der Waals surface area contributed by atoms with Crippen LogP contribution in [-0.4, -0.2) is 47.5 Å². The van der Waals surface area contributed by atoms with Crippen LogP contribution in [0.4, 0.5) is 4.39 Å². The zero-order chi connectivity index (χ0) is 20.4. The minimum atomic E-state index is -0.244. The number of rotatable bonds is 6. The summed E-state index contributed by atoms with van der Waals surface area (Å²) in [6.07, 6.45) is 0.547. The third-order valence-electron chi connectivity index (χ3n) is 5.11. The smallest absolute Gasteiger partial charge is 0.274 e. The molecule has 0 N–H and O–H groups in total. The van der Waals surface area contributed by atoms with Crippen molar-refractivity contribution in [2.75, 3.05) is 20.8 Å². The van der Waals surface area contributed by atoms with Crippen molar-refractivity contribution in [2.45, 2.75) is 52.5 Å². The van der Waals surface area contributed by atoms with E-state index in [9.17, 15) is 9.18 Å². The summed E-state index contributed by atoms with van der Waals surface area (Å²) in [6.45, 7) is 7.17. The minimum Gasteiger partial charge on any atom is -0.383 e. The molecule has 0 unspecified atom stereocenters. The third-order valence-corrected chi connectivity index (χ3v) is 5.11. The van der Waals surface area contributed by atoms with Crippen LogP contribution in [0.5, 0.6) is 0 Å². The molecule has 0 saturated carbocycles. The third kappa shape index (κ3) is 4.10. The van der Waals surface area contributed by atoms with Gasteiger partial charge >= 0.3 is 0 Å². The van der Waals surface area contributed by atoms with Crippen LogP contribution >= 0.6 is 0 Å². The molecule has 1 aromatic carbocycles. The zero-order valence-corrected chi connectivity index (χ0v) is 17.2. The molecule has 0 saturated heterocycles. The second-order valence-corrected chi connectivity index (χ2v) is 7.47. The zero-order valence-electron chi connectivity index (χ0n) is 17.2. The summed E-state index contributed by atoms with van der Waals surface area (Å²) >= 11 is 0. The summed E-state index contributed by atoms with van der Waals surface area (Å²) in [5, 5.41) is 4.61. The Kier molecular flexibility index (Phi) is 6.15. The van der Waals surface area contributed by atoms with Crippen molar-refractivity contribution in [1.82, 2.24) is 14.7 Å². The Labute approximate surface area is 165 Å². The van der Waals surface area contributed by atoms with Gasteiger partial charge in [-0.25, -0.2) is 4.39 Å². The van der Waals surface area contributed by atoms with Crippen molar-refractivity contribution in [3.63, 3.8) is 0 Å². The van der Waals surface area contributed by atoms with Crippen molar-refractivity contribution in [3.05, 3.63) is 52.1 Å². The molecule has 28 heavy (non-hydrogen) atoms. The first-order valence-electron chi connectivity index (χ1n) is 9.56. The van der Waals surface area contributed by atoms with Crippen LogP contribution in [0.25, 0.3) is 0 Å². The topological polar surface area (TPSA) is 56.6 Å². The number of carbonyl (C=O) groups is 1. The standard InChI is InChI=1S/C21H28FN3O3/c1-13-10-16(6-7-18(13)22)12-24(4)21(26)19-17-11-14(2)28-15(3)20(17)25(23-19)8-9-27-5/h6-7,10,14-15H,8-9,11-12H2,1-5H3/t14-,15+/m1/s1. The predicted octanol–water partition coefficient (Wildman–Crippen LogP) is 3.27. The molecule has 3 rings (SSSR count). The summed E-state index contributed by atoms with van der Waals surface area (Å²) in [5.41, 5.74) is 3.82. The van der Waals surface area contributed by atoms with E-state index in [4.69, 9.17) is 9.47 Å². The summed E-state index contributed by atoms with van der Waals surface area (Å²) in [6, 6.07) is 4.91. The molecule has 2 atom stereocenters. The maximum absolute atomic E-state index is 13.5. The summed E-state index contributed by atoms with van der Waals surface area (Å²) in [4.78, 5) is 14.8. The Balaban J connectivity index is 1.88. The normalized spacial score (nSPS) is 18.8. The van der Waals surface area contributed by atoms with E-state index in [-0.39, 0.29) is 23.9 Å². The molecule has 0 bridgehead atoms. The molecule has 2 aromatic rings. The fourth-order valence-electron chi connectivity index (χ4n) is 3.77. The van der Waals surface area contributed by atoms with Gasteiger partial charge in [0.1, 0.15) is 5.82 Å². The Bertz CT molecular complexity index is 865. The Morgan fingerprint density at radius 3 is 2.86 bits per heavy atom. The van der Waals surface area contributed by atoms with Gasteiger partial charge in [0.2, 0.25) is 0 Å². The van der Waals surface area contributed by atoms with Crippen LogP contribution in [-0.2, 0) is 29.0 Å². The monoisotopic (exact) mass is 389 g/mol. The molecule has 0 aliphatic carbocycles.